The quantitative estimate of drug-likeness (QED) is 0.809. The van der Waals surface area contributed by atoms with Crippen LogP contribution in [0.1, 0.15) is 13.3 Å². The van der Waals surface area contributed by atoms with E-state index < -0.39 is 0 Å². The van der Waals surface area contributed by atoms with Gasteiger partial charge in [0.25, 0.3) is 0 Å². The predicted molar refractivity (Wildman–Crippen MR) is 86.1 cm³/mol. The lowest BCUT2D eigenvalue weighted by Crippen LogP contribution is -2.38. The Hall–Kier alpha value is -1.33. The van der Waals surface area contributed by atoms with E-state index in [1.807, 2.05) is 29.2 Å². The Morgan fingerprint density at radius 2 is 1.95 bits per heavy atom. The first-order valence-corrected chi connectivity index (χ1v) is 7.42. The summed E-state index contributed by atoms with van der Waals surface area (Å²) in [7, 11) is 0. The summed E-state index contributed by atoms with van der Waals surface area (Å²) in [6.07, 6.45) is 0.928. The number of nitrogens with zero attached hydrogens (tertiary/aromatic N) is 2. The molecule has 1 heterocycles. The average Bonchev–Trinajstić information content (AvgIpc) is 2.64. The lowest BCUT2D eigenvalue weighted by molar-refractivity contribution is -0.128. The molecule has 0 atom stereocenters. The van der Waals surface area contributed by atoms with E-state index in [1.165, 1.54) is 0 Å². The van der Waals surface area contributed by atoms with Crippen LogP contribution in [0.3, 0.4) is 0 Å². The summed E-state index contributed by atoms with van der Waals surface area (Å²) >= 11 is 11.4. The van der Waals surface area contributed by atoms with Crippen molar-refractivity contribution in [1.82, 2.24) is 9.80 Å². The molecule has 0 unspecified atom stereocenters. The molecule has 1 aliphatic heterocycles. The molecule has 0 aliphatic carbocycles. The number of benzene rings is 1. The summed E-state index contributed by atoms with van der Waals surface area (Å²) in [5.74, 6) is 0.126. The second kappa shape index (κ2) is 6.90. The Kier molecular flexibility index (Phi) is 5.20. The molecular formula is C14H18ClN3OS. The van der Waals surface area contributed by atoms with E-state index in [-0.39, 0.29) is 5.91 Å². The van der Waals surface area contributed by atoms with Crippen LogP contribution < -0.4 is 5.32 Å². The maximum absolute atomic E-state index is 11.4. The van der Waals surface area contributed by atoms with Crippen LogP contribution >= 0.6 is 23.8 Å². The van der Waals surface area contributed by atoms with Gasteiger partial charge in [-0.15, -0.1) is 0 Å². The predicted octanol–water partition coefficient (Wildman–Crippen LogP) is 2.59. The Morgan fingerprint density at radius 1 is 1.25 bits per heavy atom. The minimum atomic E-state index is 0.126. The summed E-state index contributed by atoms with van der Waals surface area (Å²) in [4.78, 5) is 15.4. The van der Waals surface area contributed by atoms with Crippen LogP contribution in [0.25, 0.3) is 0 Å². The monoisotopic (exact) mass is 311 g/mol. The Bertz CT molecular complexity index is 509. The molecule has 0 bridgehead atoms. The normalized spacial score (nSPS) is 15.7. The van der Waals surface area contributed by atoms with Crippen LogP contribution in [0, 0.1) is 0 Å². The van der Waals surface area contributed by atoms with Crippen molar-refractivity contribution in [3.63, 3.8) is 0 Å². The van der Waals surface area contributed by atoms with Crippen LogP contribution in [0.5, 0.6) is 0 Å². The molecule has 1 aliphatic rings. The van der Waals surface area contributed by atoms with Crippen molar-refractivity contribution in [2.75, 3.05) is 31.5 Å². The third-order valence-electron chi connectivity index (χ3n) is 3.30. The molecule has 20 heavy (non-hydrogen) atoms. The lowest BCUT2D eigenvalue weighted by Gasteiger charge is -2.24. The van der Waals surface area contributed by atoms with E-state index in [4.69, 9.17) is 23.8 Å². The summed E-state index contributed by atoms with van der Waals surface area (Å²) in [6.45, 7) is 4.73. The van der Waals surface area contributed by atoms with Gasteiger partial charge in [-0.05, 0) is 36.8 Å². The van der Waals surface area contributed by atoms with Gasteiger partial charge in [0.15, 0.2) is 5.11 Å². The standard InChI is InChI=1S/C14H18ClN3OS/c1-11(19)17-6-3-7-18(9-8-17)14(20)16-13-5-2-4-12(15)10-13/h2,4-5,10H,3,6-9H2,1H3,(H,16,20). The minimum Gasteiger partial charge on any atom is -0.347 e. The SMILES string of the molecule is CC(=O)N1CCCN(C(=S)Nc2cccc(Cl)c2)CC1. The topological polar surface area (TPSA) is 35.6 Å². The van der Waals surface area contributed by atoms with Crippen molar-refractivity contribution in [3.8, 4) is 0 Å². The summed E-state index contributed by atoms with van der Waals surface area (Å²) in [6, 6.07) is 7.48. The van der Waals surface area contributed by atoms with E-state index in [0.717, 1.165) is 31.7 Å². The van der Waals surface area contributed by atoms with Gasteiger partial charge in [0, 0.05) is 43.8 Å². The van der Waals surface area contributed by atoms with Crippen LogP contribution in [-0.2, 0) is 4.79 Å². The van der Waals surface area contributed by atoms with E-state index >= 15 is 0 Å². The van der Waals surface area contributed by atoms with Gasteiger partial charge in [0.1, 0.15) is 0 Å². The van der Waals surface area contributed by atoms with Crippen molar-refractivity contribution >= 4 is 40.5 Å². The number of anilines is 1. The molecule has 1 fully saturated rings. The summed E-state index contributed by atoms with van der Waals surface area (Å²) in [5, 5.41) is 4.55. The molecule has 2 rings (SSSR count). The van der Waals surface area contributed by atoms with Gasteiger partial charge < -0.3 is 15.1 Å². The summed E-state index contributed by atoms with van der Waals surface area (Å²) in [5.41, 5.74) is 0.884. The Balaban J connectivity index is 1.94. The zero-order valence-electron chi connectivity index (χ0n) is 11.4. The van der Waals surface area contributed by atoms with Crippen molar-refractivity contribution in [2.24, 2.45) is 0 Å². The third-order valence-corrected chi connectivity index (χ3v) is 3.90. The maximum Gasteiger partial charge on any atom is 0.219 e. The molecule has 1 amide bonds. The second-order valence-corrected chi connectivity index (χ2v) is 5.61. The number of rotatable bonds is 1. The smallest absolute Gasteiger partial charge is 0.219 e. The molecule has 108 valence electrons. The highest BCUT2D eigenvalue weighted by Gasteiger charge is 2.18. The zero-order chi connectivity index (χ0) is 14.5. The molecule has 1 saturated heterocycles. The molecule has 1 aromatic carbocycles. The number of hydrogen-bond donors (Lipinski definition) is 1. The molecular weight excluding hydrogens is 294 g/mol. The third kappa shape index (κ3) is 4.08. The first kappa shape index (κ1) is 15.1. The number of carbonyl (C=O) groups excluding carboxylic acids is 1. The first-order chi connectivity index (χ1) is 9.56. The number of carbonyl (C=O) groups is 1. The van der Waals surface area contributed by atoms with Crippen molar-refractivity contribution in [3.05, 3.63) is 29.3 Å². The molecule has 1 aromatic rings. The van der Waals surface area contributed by atoms with Crippen molar-refractivity contribution in [1.29, 1.82) is 0 Å². The van der Waals surface area contributed by atoms with E-state index in [0.29, 0.717) is 16.7 Å². The van der Waals surface area contributed by atoms with Gasteiger partial charge >= 0.3 is 0 Å². The van der Waals surface area contributed by atoms with Gasteiger partial charge in [-0.25, -0.2) is 0 Å². The fourth-order valence-corrected chi connectivity index (χ4v) is 2.69. The van der Waals surface area contributed by atoms with Crippen LogP contribution in [0.15, 0.2) is 24.3 Å². The average molecular weight is 312 g/mol. The second-order valence-electron chi connectivity index (χ2n) is 4.79. The van der Waals surface area contributed by atoms with Crippen molar-refractivity contribution in [2.45, 2.75) is 13.3 Å². The highest BCUT2D eigenvalue weighted by molar-refractivity contribution is 7.80. The van der Waals surface area contributed by atoms with Gasteiger partial charge in [-0.1, -0.05) is 17.7 Å². The highest BCUT2D eigenvalue weighted by atomic mass is 35.5. The Labute approximate surface area is 129 Å². The molecule has 1 N–H and O–H groups in total. The largest absolute Gasteiger partial charge is 0.347 e. The first-order valence-electron chi connectivity index (χ1n) is 6.63. The molecule has 0 radical (unpaired) electrons. The van der Waals surface area contributed by atoms with E-state index in [2.05, 4.69) is 10.2 Å². The number of nitrogens with one attached hydrogen (secondary N) is 1. The molecule has 0 spiro atoms. The van der Waals surface area contributed by atoms with Gasteiger partial charge in [-0.2, -0.15) is 0 Å². The summed E-state index contributed by atoms with van der Waals surface area (Å²) < 4.78 is 0. The number of amides is 1. The zero-order valence-corrected chi connectivity index (χ0v) is 13.0. The minimum absolute atomic E-state index is 0.126. The number of hydrogen-bond acceptors (Lipinski definition) is 2. The number of halogens is 1. The molecule has 0 saturated carbocycles. The molecule has 4 nitrogen and oxygen atoms in total. The Morgan fingerprint density at radius 3 is 2.65 bits per heavy atom. The van der Waals surface area contributed by atoms with Gasteiger partial charge in [0.2, 0.25) is 5.91 Å². The van der Waals surface area contributed by atoms with E-state index in [1.54, 1.807) is 6.92 Å². The fraction of sp³-hybridized carbons (Fsp3) is 0.429. The van der Waals surface area contributed by atoms with Crippen LogP contribution in [0.4, 0.5) is 5.69 Å². The van der Waals surface area contributed by atoms with Gasteiger partial charge in [-0.3, -0.25) is 4.79 Å². The highest BCUT2D eigenvalue weighted by Crippen LogP contribution is 2.16. The van der Waals surface area contributed by atoms with Gasteiger partial charge in [0.05, 0.1) is 0 Å². The van der Waals surface area contributed by atoms with E-state index in [9.17, 15) is 4.79 Å². The molecule has 0 aromatic heterocycles. The van der Waals surface area contributed by atoms with Crippen molar-refractivity contribution < 1.29 is 4.79 Å². The maximum atomic E-state index is 11.4. The lowest BCUT2D eigenvalue weighted by atomic mass is 10.3. The molecule has 6 heteroatoms. The van der Waals surface area contributed by atoms with Crippen LogP contribution in [0.2, 0.25) is 5.02 Å². The fourth-order valence-electron chi connectivity index (χ4n) is 2.20. The van der Waals surface area contributed by atoms with Crippen LogP contribution in [-0.4, -0.2) is 47.0 Å². The number of thiocarbonyl (C=S) groups is 1.